The topological polar surface area (TPSA) is 0 Å². The molecule has 0 bridgehead atoms. The molecule has 38 heavy (non-hydrogen) atoms. The molecule has 0 aliphatic heterocycles. The molecular weight excluding hydrogens is 463 g/mol. The molecule has 0 aliphatic carbocycles. The Morgan fingerprint density at radius 1 is 0.895 bits per heavy atom. The van der Waals surface area contributed by atoms with Crippen molar-refractivity contribution in [1.82, 2.24) is 0 Å². The molecule has 0 aromatic heterocycles. The fourth-order valence-corrected chi connectivity index (χ4v) is 6.48. The predicted octanol–water partition coefficient (Wildman–Crippen LogP) is 11.9. The number of aryl methyl sites for hydroxylation is 2. The molecule has 3 unspecified atom stereocenters. The van der Waals surface area contributed by atoms with E-state index in [0.717, 1.165) is 25.2 Å². The van der Waals surface area contributed by atoms with Gasteiger partial charge >= 0.3 is 0 Å². The van der Waals surface area contributed by atoms with Crippen LogP contribution < -0.4 is 0 Å². The normalized spacial score (nSPS) is 15.2. The molecule has 3 atom stereocenters. The minimum Gasteiger partial charge on any atom is -0.244 e. The summed E-state index contributed by atoms with van der Waals surface area (Å²) >= 11 is 0. The zero-order valence-corrected chi connectivity index (χ0v) is 25.8. The first kappa shape index (κ1) is 32.3. The lowest BCUT2D eigenvalue weighted by Gasteiger charge is -2.35. The second-order valence-electron chi connectivity index (χ2n) is 13.0. The van der Waals surface area contributed by atoms with Crippen LogP contribution in [0.4, 0.5) is 4.39 Å². The van der Waals surface area contributed by atoms with Gasteiger partial charge in [0.1, 0.15) is 5.67 Å². The van der Waals surface area contributed by atoms with Crippen LogP contribution in [0.25, 0.3) is 5.57 Å². The van der Waals surface area contributed by atoms with Gasteiger partial charge in [0.05, 0.1) is 0 Å². The van der Waals surface area contributed by atoms with Crippen molar-refractivity contribution in [2.45, 2.75) is 137 Å². The third-order valence-corrected chi connectivity index (χ3v) is 8.63. The van der Waals surface area contributed by atoms with Gasteiger partial charge in [0.2, 0.25) is 0 Å². The van der Waals surface area contributed by atoms with E-state index in [-0.39, 0.29) is 0 Å². The Morgan fingerprint density at radius 2 is 1.61 bits per heavy atom. The molecule has 2 aromatic rings. The van der Waals surface area contributed by atoms with Gasteiger partial charge < -0.3 is 0 Å². The molecular formula is C37H57F. The molecule has 0 amide bonds. The maximum atomic E-state index is 14.1. The van der Waals surface area contributed by atoms with Gasteiger partial charge in [-0.15, -0.1) is 0 Å². The van der Waals surface area contributed by atoms with Crippen LogP contribution in [0, 0.1) is 11.3 Å². The van der Waals surface area contributed by atoms with Crippen molar-refractivity contribution in [1.29, 1.82) is 0 Å². The number of allylic oxidation sites excluding steroid dienone is 1. The van der Waals surface area contributed by atoms with E-state index in [1.807, 2.05) is 0 Å². The second kappa shape index (κ2) is 15.6. The van der Waals surface area contributed by atoms with Crippen LogP contribution in [0.2, 0.25) is 0 Å². The van der Waals surface area contributed by atoms with Gasteiger partial charge in [0.25, 0.3) is 0 Å². The molecule has 0 N–H and O–H groups in total. The number of rotatable bonds is 18. The van der Waals surface area contributed by atoms with Crippen LogP contribution in [0.5, 0.6) is 0 Å². The molecule has 0 spiro atoms. The van der Waals surface area contributed by atoms with Crippen molar-refractivity contribution in [2.75, 3.05) is 0 Å². The van der Waals surface area contributed by atoms with Crippen molar-refractivity contribution in [3.8, 4) is 0 Å². The quantitative estimate of drug-likeness (QED) is 0.183. The summed E-state index contributed by atoms with van der Waals surface area (Å²) < 4.78 is 14.1. The molecule has 0 saturated carbocycles. The number of hydrogen-bond acceptors (Lipinski definition) is 0. The zero-order chi connectivity index (χ0) is 28.2. The summed E-state index contributed by atoms with van der Waals surface area (Å²) in [6.07, 6.45) is 13.6. The molecule has 1 heteroatoms. The van der Waals surface area contributed by atoms with E-state index >= 15 is 0 Å². The van der Waals surface area contributed by atoms with Gasteiger partial charge in [-0.3, -0.25) is 0 Å². The summed E-state index contributed by atoms with van der Waals surface area (Å²) in [5.74, 6) is 1.40. The monoisotopic (exact) mass is 520 g/mol. The van der Waals surface area contributed by atoms with Gasteiger partial charge in [-0.25, -0.2) is 4.39 Å². The van der Waals surface area contributed by atoms with E-state index in [2.05, 4.69) is 89.7 Å². The Labute approximate surface area is 235 Å². The molecule has 212 valence electrons. The molecule has 0 radical (unpaired) electrons. The maximum absolute atomic E-state index is 14.1. The SMILES string of the molecule is C=C(CCCC(C)(CCC)CC(CCC)CC(C)c1ccccc1)c1ccc(CCC(C)(C)F)c(CC)c1. The Hall–Kier alpha value is -1.89. The van der Waals surface area contributed by atoms with Crippen molar-refractivity contribution in [3.05, 3.63) is 77.4 Å². The van der Waals surface area contributed by atoms with Crippen LogP contribution in [-0.2, 0) is 12.8 Å². The highest BCUT2D eigenvalue weighted by atomic mass is 19.1. The zero-order valence-electron chi connectivity index (χ0n) is 25.8. The summed E-state index contributed by atoms with van der Waals surface area (Å²) in [6, 6.07) is 17.8. The average molecular weight is 521 g/mol. The summed E-state index contributed by atoms with van der Waals surface area (Å²) in [5.41, 5.74) is 5.90. The first-order valence-electron chi connectivity index (χ1n) is 15.5. The highest BCUT2D eigenvalue weighted by molar-refractivity contribution is 5.64. The Bertz CT molecular complexity index is 950. The summed E-state index contributed by atoms with van der Waals surface area (Å²) in [4.78, 5) is 0. The second-order valence-corrected chi connectivity index (χ2v) is 13.0. The summed E-state index contributed by atoms with van der Waals surface area (Å²) in [6.45, 7) is 19.7. The van der Waals surface area contributed by atoms with Gasteiger partial charge in [-0.1, -0.05) is 109 Å². The first-order valence-corrected chi connectivity index (χ1v) is 15.5. The smallest absolute Gasteiger partial charge is 0.105 e. The van der Waals surface area contributed by atoms with Crippen molar-refractivity contribution < 1.29 is 4.39 Å². The number of halogens is 1. The first-order chi connectivity index (χ1) is 18.0. The van der Waals surface area contributed by atoms with Gasteiger partial charge in [-0.05, 0) is 117 Å². The summed E-state index contributed by atoms with van der Waals surface area (Å²) in [5, 5.41) is 0. The number of hydrogen-bond donors (Lipinski definition) is 0. The Morgan fingerprint density at radius 3 is 2.21 bits per heavy atom. The number of alkyl halides is 1. The minimum atomic E-state index is -1.12. The van der Waals surface area contributed by atoms with Crippen LogP contribution in [0.3, 0.4) is 0 Å². The van der Waals surface area contributed by atoms with E-state index < -0.39 is 5.67 Å². The molecule has 0 saturated heterocycles. The lowest BCUT2D eigenvalue weighted by atomic mass is 9.71. The van der Waals surface area contributed by atoms with E-state index in [9.17, 15) is 4.39 Å². The van der Waals surface area contributed by atoms with Gasteiger partial charge in [0.15, 0.2) is 0 Å². The van der Waals surface area contributed by atoms with Gasteiger partial charge in [-0.2, -0.15) is 0 Å². The van der Waals surface area contributed by atoms with Gasteiger partial charge in [0, 0.05) is 0 Å². The van der Waals surface area contributed by atoms with E-state index in [4.69, 9.17) is 0 Å². The molecule has 0 heterocycles. The molecule has 2 rings (SSSR count). The lowest BCUT2D eigenvalue weighted by Crippen LogP contribution is -2.22. The fraction of sp³-hybridized carbons (Fsp3) is 0.622. The molecule has 0 nitrogen and oxygen atoms in total. The Balaban J connectivity index is 2.00. The largest absolute Gasteiger partial charge is 0.244 e. The number of benzene rings is 2. The van der Waals surface area contributed by atoms with E-state index in [0.29, 0.717) is 17.8 Å². The Kier molecular flexibility index (Phi) is 13.3. The van der Waals surface area contributed by atoms with E-state index in [1.165, 1.54) is 79.2 Å². The maximum Gasteiger partial charge on any atom is 0.105 e. The lowest BCUT2D eigenvalue weighted by molar-refractivity contribution is 0.181. The molecule has 0 fully saturated rings. The van der Waals surface area contributed by atoms with Crippen molar-refractivity contribution >= 4 is 5.57 Å². The van der Waals surface area contributed by atoms with E-state index in [1.54, 1.807) is 13.8 Å². The highest BCUT2D eigenvalue weighted by Crippen LogP contribution is 2.41. The third-order valence-electron chi connectivity index (χ3n) is 8.63. The van der Waals surface area contributed by atoms with Crippen molar-refractivity contribution in [3.63, 3.8) is 0 Å². The standard InChI is InChI=1S/C37H57F/c1-9-16-31(26-30(5)33-18-13-12-14-19-33)28-37(8,23-10-2)24-15-17-29(4)35-21-20-34(32(11-3)27-35)22-25-36(6,7)38/h12-14,18-21,27,30-31H,4,9-11,15-17,22-26,28H2,1-3,5-8H3. The minimum absolute atomic E-state index is 0.392. The molecule has 2 aromatic carbocycles. The van der Waals surface area contributed by atoms with Crippen molar-refractivity contribution in [2.24, 2.45) is 11.3 Å². The third kappa shape index (κ3) is 11.1. The average Bonchev–Trinajstić information content (AvgIpc) is 2.87. The van der Waals surface area contributed by atoms with Crippen LogP contribution in [-0.4, -0.2) is 5.67 Å². The van der Waals surface area contributed by atoms with Crippen LogP contribution >= 0.6 is 0 Å². The highest BCUT2D eigenvalue weighted by Gasteiger charge is 2.28. The summed E-state index contributed by atoms with van der Waals surface area (Å²) in [7, 11) is 0. The fourth-order valence-electron chi connectivity index (χ4n) is 6.48. The molecule has 0 aliphatic rings. The van der Waals surface area contributed by atoms with Crippen LogP contribution in [0.15, 0.2) is 55.1 Å². The predicted molar refractivity (Wildman–Crippen MR) is 168 cm³/mol. The van der Waals surface area contributed by atoms with Crippen LogP contribution in [0.1, 0.15) is 141 Å².